The van der Waals surface area contributed by atoms with Crippen molar-refractivity contribution >= 4 is 11.9 Å². The average molecular weight is 289 g/mol. The lowest BCUT2D eigenvalue weighted by atomic mass is 9.95. The van der Waals surface area contributed by atoms with Crippen LogP contribution in [0.3, 0.4) is 0 Å². The maximum atomic E-state index is 12.5. The summed E-state index contributed by atoms with van der Waals surface area (Å²) in [4.78, 5) is 25.1. The highest BCUT2D eigenvalue weighted by atomic mass is 16.2. The predicted octanol–water partition coefficient (Wildman–Crippen LogP) is 2.12. The van der Waals surface area contributed by atoms with E-state index in [4.69, 9.17) is 5.73 Å². The Morgan fingerprint density at radius 3 is 2.67 bits per heavy atom. The van der Waals surface area contributed by atoms with Crippen molar-refractivity contribution in [2.75, 3.05) is 13.1 Å². The molecule has 0 aromatic heterocycles. The van der Waals surface area contributed by atoms with Gasteiger partial charge in [0.2, 0.25) is 0 Å². The molecule has 1 saturated heterocycles. The molecule has 1 aromatic carbocycles. The molecule has 3 N–H and O–H groups in total. The van der Waals surface area contributed by atoms with Crippen LogP contribution >= 0.6 is 0 Å². The summed E-state index contributed by atoms with van der Waals surface area (Å²) < 4.78 is 0. The molecule has 1 fully saturated rings. The number of hydrogen-bond acceptors (Lipinski definition) is 2. The zero-order valence-electron chi connectivity index (χ0n) is 12.5. The van der Waals surface area contributed by atoms with Crippen molar-refractivity contribution in [3.63, 3.8) is 0 Å². The van der Waals surface area contributed by atoms with Crippen molar-refractivity contribution in [1.82, 2.24) is 10.2 Å². The van der Waals surface area contributed by atoms with Gasteiger partial charge in [0, 0.05) is 25.2 Å². The van der Waals surface area contributed by atoms with Gasteiger partial charge in [-0.05, 0) is 36.5 Å². The third-order valence-electron chi connectivity index (χ3n) is 4.05. The maximum Gasteiger partial charge on any atom is 0.312 e. The Bertz CT molecular complexity index is 499. The molecule has 1 aromatic rings. The number of carbonyl (C=O) groups is 2. The van der Waals surface area contributed by atoms with E-state index in [2.05, 4.69) is 12.2 Å². The molecule has 0 bridgehead atoms. The smallest absolute Gasteiger partial charge is 0.312 e. The molecule has 114 valence electrons. The number of urea groups is 1. The fourth-order valence-electron chi connectivity index (χ4n) is 2.72. The van der Waals surface area contributed by atoms with Crippen molar-refractivity contribution in [2.24, 2.45) is 11.7 Å². The summed E-state index contributed by atoms with van der Waals surface area (Å²) in [6, 6.07) is 6.79. The molecule has 0 aliphatic carbocycles. The Labute approximate surface area is 125 Å². The summed E-state index contributed by atoms with van der Waals surface area (Å²) in [5.74, 6) is 0.726. The van der Waals surface area contributed by atoms with E-state index in [9.17, 15) is 9.59 Å². The second-order valence-electron chi connectivity index (χ2n) is 5.58. The van der Waals surface area contributed by atoms with E-state index in [1.54, 1.807) is 0 Å². The number of nitrogens with two attached hydrogens (primary N) is 1. The topological polar surface area (TPSA) is 75.4 Å². The van der Waals surface area contributed by atoms with Crippen molar-refractivity contribution in [3.8, 4) is 0 Å². The first-order valence-corrected chi connectivity index (χ1v) is 7.51. The molecular formula is C16H23N3O2. The molecule has 0 spiro atoms. The zero-order chi connectivity index (χ0) is 15.2. The summed E-state index contributed by atoms with van der Waals surface area (Å²) in [6.07, 6.45) is 3.43. The van der Waals surface area contributed by atoms with Crippen LogP contribution in [0.5, 0.6) is 0 Å². The molecule has 3 amide bonds. The van der Waals surface area contributed by atoms with E-state index in [1.807, 2.05) is 29.2 Å². The predicted molar refractivity (Wildman–Crippen MR) is 81.8 cm³/mol. The molecule has 2 rings (SSSR count). The first-order valence-electron chi connectivity index (χ1n) is 7.51. The van der Waals surface area contributed by atoms with Crippen LogP contribution in [0.15, 0.2) is 24.3 Å². The van der Waals surface area contributed by atoms with E-state index in [1.165, 1.54) is 6.42 Å². The number of likely N-dealkylation sites (tertiary alicyclic amines) is 1. The first-order chi connectivity index (χ1) is 10.1. The maximum absolute atomic E-state index is 12.5. The summed E-state index contributed by atoms with van der Waals surface area (Å²) in [7, 11) is 0. The van der Waals surface area contributed by atoms with Gasteiger partial charge in [-0.15, -0.1) is 0 Å². The van der Waals surface area contributed by atoms with Crippen LogP contribution in [0, 0.1) is 5.92 Å². The Kier molecular flexibility index (Phi) is 5.20. The lowest BCUT2D eigenvalue weighted by molar-refractivity contribution is 0.0671. The molecule has 5 heteroatoms. The SMILES string of the molecule is CCC1CCCN(C(=O)c2ccc(CNC(N)=O)cc2)C1. The lowest BCUT2D eigenvalue weighted by Gasteiger charge is -2.32. The number of nitrogens with zero attached hydrogens (tertiary/aromatic N) is 1. The molecule has 1 unspecified atom stereocenters. The monoisotopic (exact) mass is 289 g/mol. The summed E-state index contributed by atoms with van der Waals surface area (Å²) >= 11 is 0. The van der Waals surface area contributed by atoms with Gasteiger partial charge in [-0.2, -0.15) is 0 Å². The Morgan fingerprint density at radius 1 is 1.33 bits per heavy atom. The number of hydrogen-bond donors (Lipinski definition) is 2. The quantitative estimate of drug-likeness (QED) is 0.890. The van der Waals surface area contributed by atoms with Gasteiger partial charge in [0.15, 0.2) is 0 Å². The van der Waals surface area contributed by atoms with E-state index >= 15 is 0 Å². The fourth-order valence-corrected chi connectivity index (χ4v) is 2.72. The van der Waals surface area contributed by atoms with Gasteiger partial charge in [-0.3, -0.25) is 4.79 Å². The van der Waals surface area contributed by atoms with Crippen LogP contribution < -0.4 is 11.1 Å². The summed E-state index contributed by atoms with van der Waals surface area (Å²) in [5, 5.41) is 2.53. The molecular weight excluding hydrogens is 266 g/mol. The molecule has 0 saturated carbocycles. The van der Waals surface area contributed by atoms with Crippen LogP contribution in [0.4, 0.5) is 4.79 Å². The van der Waals surface area contributed by atoms with E-state index in [-0.39, 0.29) is 5.91 Å². The average Bonchev–Trinajstić information content (AvgIpc) is 2.52. The van der Waals surface area contributed by atoms with E-state index in [0.717, 1.165) is 31.5 Å². The Balaban J connectivity index is 1.97. The van der Waals surface area contributed by atoms with Gasteiger partial charge in [0.1, 0.15) is 0 Å². The van der Waals surface area contributed by atoms with Crippen molar-refractivity contribution in [3.05, 3.63) is 35.4 Å². The second kappa shape index (κ2) is 7.11. The summed E-state index contributed by atoms with van der Waals surface area (Å²) in [6.45, 7) is 4.27. The van der Waals surface area contributed by atoms with Gasteiger partial charge >= 0.3 is 6.03 Å². The van der Waals surface area contributed by atoms with Crippen molar-refractivity contribution < 1.29 is 9.59 Å². The fraction of sp³-hybridized carbons (Fsp3) is 0.500. The minimum Gasteiger partial charge on any atom is -0.352 e. The van der Waals surface area contributed by atoms with Crippen LogP contribution in [0.25, 0.3) is 0 Å². The first kappa shape index (κ1) is 15.4. The normalized spacial score (nSPS) is 18.3. The number of rotatable bonds is 4. The third kappa shape index (κ3) is 4.21. The molecule has 5 nitrogen and oxygen atoms in total. The number of primary amides is 1. The number of amides is 3. The number of carbonyl (C=O) groups excluding carboxylic acids is 2. The molecule has 1 heterocycles. The molecule has 0 radical (unpaired) electrons. The van der Waals surface area contributed by atoms with Gasteiger partial charge in [0.25, 0.3) is 5.91 Å². The largest absolute Gasteiger partial charge is 0.352 e. The zero-order valence-corrected chi connectivity index (χ0v) is 12.5. The van der Waals surface area contributed by atoms with E-state index < -0.39 is 6.03 Å². The number of nitrogens with one attached hydrogen (secondary N) is 1. The summed E-state index contributed by atoms with van der Waals surface area (Å²) in [5.41, 5.74) is 6.66. The van der Waals surface area contributed by atoms with Crippen molar-refractivity contribution in [1.29, 1.82) is 0 Å². The van der Waals surface area contributed by atoms with Crippen molar-refractivity contribution in [2.45, 2.75) is 32.7 Å². The molecule has 21 heavy (non-hydrogen) atoms. The van der Waals surface area contributed by atoms with Crippen LogP contribution in [-0.4, -0.2) is 29.9 Å². The van der Waals surface area contributed by atoms with Crippen LogP contribution in [0.2, 0.25) is 0 Å². The Hall–Kier alpha value is -2.04. The van der Waals surface area contributed by atoms with Crippen LogP contribution in [-0.2, 0) is 6.54 Å². The minimum absolute atomic E-state index is 0.0996. The number of benzene rings is 1. The minimum atomic E-state index is -0.547. The highest BCUT2D eigenvalue weighted by molar-refractivity contribution is 5.94. The van der Waals surface area contributed by atoms with E-state index in [0.29, 0.717) is 18.0 Å². The molecule has 1 aliphatic heterocycles. The second-order valence-corrected chi connectivity index (χ2v) is 5.58. The van der Waals surface area contributed by atoms with Gasteiger partial charge in [0.05, 0.1) is 0 Å². The van der Waals surface area contributed by atoms with Gasteiger partial charge in [-0.1, -0.05) is 25.5 Å². The third-order valence-corrected chi connectivity index (χ3v) is 4.05. The molecule has 1 aliphatic rings. The highest BCUT2D eigenvalue weighted by Crippen LogP contribution is 2.21. The Morgan fingerprint density at radius 2 is 2.05 bits per heavy atom. The lowest BCUT2D eigenvalue weighted by Crippen LogP contribution is -2.39. The highest BCUT2D eigenvalue weighted by Gasteiger charge is 2.23. The molecule has 1 atom stereocenters. The van der Waals surface area contributed by atoms with Gasteiger partial charge < -0.3 is 16.0 Å². The number of piperidine rings is 1. The standard InChI is InChI=1S/C16H23N3O2/c1-2-12-4-3-9-19(11-12)15(20)14-7-5-13(6-8-14)10-18-16(17)21/h5-8,12H,2-4,9-11H2,1H3,(H3,17,18,21). The van der Waals surface area contributed by atoms with Crippen LogP contribution in [0.1, 0.15) is 42.1 Å². The van der Waals surface area contributed by atoms with Gasteiger partial charge in [-0.25, -0.2) is 4.79 Å².